The molecule has 168 valence electrons. The van der Waals surface area contributed by atoms with Crippen molar-refractivity contribution >= 4 is 17.0 Å². The summed E-state index contributed by atoms with van der Waals surface area (Å²) in [5.41, 5.74) is 7.14. The molecule has 2 aromatic rings. The van der Waals surface area contributed by atoms with Gasteiger partial charge in [0.15, 0.2) is 5.78 Å². The van der Waals surface area contributed by atoms with E-state index in [0.717, 1.165) is 44.2 Å². The molecule has 0 bridgehead atoms. The monoisotopic (exact) mass is 445 g/mol. The predicted molar refractivity (Wildman–Crippen MR) is 135 cm³/mol. The van der Waals surface area contributed by atoms with E-state index in [1.54, 1.807) is 6.07 Å². The fourth-order valence-electron chi connectivity index (χ4n) is 5.95. The first-order valence-corrected chi connectivity index (χ1v) is 12.0. The van der Waals surface area contributed by atoms with Crippen LogP contribution in [0.1, 0.15) is 67.4 Å². The number of anilines is 1. The number of rotatable bonds is 4. The fourth-order valence-corrected chi connectivity index (χ4v) is 5.95. The number of unbranched alkanes of at least 4 members (excludes halogenated alkanes) is 1. The van der Waals surface area contributed by atoms with Crippen molar-refractivity contribution in [1.29, 1.82) is 5.26 Å². The Labute approximate surface area is 201 Å². The van der Waals surface area contributed by atoms with Gasteiger partial charge in [0, 0.05) is 40.1 Å². The molecule has 1 atom stereocenters. The van der Waals surface area contributed by atoms with Gasteiger partial charge in [-0.2, -0.15) is 0 Å². The van der Waals surface area contributed by atoms with Crippen molar-refractivity contribution in [3.8, 4) is 6.07 Å². The average molecular weight is 446 g/mol. The molecule has 4 nitrogen and oxygen atoms in total. The van der Waals surface area contributed by atoms with Gasteiger partial charge in [0.25, 0.3) is 5.70 Å². The number of benzene rings is 2. The van der Waals surface area contributed by atoms with Gasteiger partial charge in [0.2, 0.25) is 0 Å². The van der Waals surface area contributed by atoms with Crippen LogP contribution >= 0.6 is 0 Å². The normalized spacial score (nSPS) is 23.4. The van der Waals surface area contributed by atoms with Crippen LogP contribution in [-0.4, -0.2) is 12.3 Å². The van der Waals surface area contributed by atoms with Crippen molar-refractivity contribution in [2.24, 2.45) is 0 Å². The number of hydrogen-bond acceptors (Lipinski definition) is 3. The molecule has 5 rings (SSSR count). The van der Waals surface area contributed by atoms with Gasteiger partial charge in [-0.15, -0.1) is 0 Å². The second-order valence-corrected chi connectivity index (χ2v) is 9.46. The van der Waals surface area contributed by atoms with E-state index in [4.69, 9.17) is 6.57 Å². The third kappa shape index (κ3) is 3.14. The van der Waals surface area contributed by atoms with E-state index < -0.39 is 0 Å². The Morgan fingerprint density at radius 3 is 2.68 bits per heavy atom. The molecule has 0 amide bonds. The van der Waals surface area contributed by atoms with Gasteiger partial charge in [0.1, 0.15) is 0 Å². The van der Waals surface area contributed by atoms with Crippen molar-refractivity contribution < 1.29 is 4.79 Å². The van der Waals surface area contributed by atoms with Crippen LogP contribution in [0, 0.1) is 17.9 Å². The molecule has 2 aromatic carbocycles. The summed E-state index contributed by atoms with van der Waals surface area (Å²) in [6, 6.07) is 18.0. The maximum Gasteiger partial charge on any atom is 0.270 e. The summed E-state index contributed by atoms with van der Waals surface area (Å²) < 4.78 is 0. The van der Waals surface area contributed by atoms with Crippen LogP contribution in [-0.2, 0) is 5.41 Å². The third-order valence-electron chi connectivity index (χ3n) is 7.47. The molecular formula is C30H27N3O. The summed E-state index contributed by atoms with van der Waals surface area (Å²) in [5.74, 6) is -0.0991. The first-order chi connectivity index (χ1) is 16.5. The van der Waals surface area contributed by atoms with Crippen molar-refractivity contribution in [2.45, 2.75) is 51.4 Å². The number of hydrogen-bond donors (Lipinski definition) is 0. The number of ketones is 1. The van der Waals surface area contributed by atoms with E-state index in [9.17, 15) is 10.1 Å². The maximum absolute atomic E-state index is 13.5. The third-order valence-corrected chi connectivity index (χ3v) is 7.47. The Balaban J connectivity index is 1.75. The zero-order valence-electron chi connectivity index (χ0n) is 19.7. The molecule has 0 aromatic heterocycles. The molecule has 0 unspecified atom stereocenters. The highest BCUT2D eigenvalue weighted by atomic mass is 16.1. The predicted octanol–water partition coefficient (Wildman–Crippen LogP) is 6.98. The topological polar surface area (TPSA) is 48.5 Å². The smallest absolute Gasteiger partial charge is 0.270 e. The molecule has 0 spiro atoms. The highest BCUT2D eigenvalue weighted by Crippen LogP contribution is 2.55. The number of fused-ring (bicyclic) bond motifs is 4. The van der Waals surface area contributed by atoms with E-state index in [2.05, 4.69) is 47.9 Å². The number of para-hydroxylation sites is 1. The standard InChI is InChI=1S/C30H27N3O/c1-4-5-17-33-26-15-9-8-14-24(26)30(2)16-10-11-20(29(30)33)18-23-27(25(19-31)32-3)21-12-6-7-13-22(21)28(23)34/h6-9,12-15,18H,4-5,10-11,16-17H2,1-2H3/b23-18-,27-25-/t30-/m0/s1. The lowest BCUT2D eigenvalue weighted by atomic mass is 9.71. The number of nitriles is 1. The second kappa shape index (κ2) is 8.47. The van der Waals surface area contributed by atoms with E-state index >= 15 is 0 Å². The van der Waals surface area contributed by atoms with E-state index in [1.165, 1.54) is 16.9 Å². The average Bonchev–Trinajstić information content (AvgIpc) is 3.28. The number of carbonyl (C=O) groups excluding carboxylic acids is 1. The first kappa shape index (κ1) is 21.9. The molecule has 0 saturated carbocycles. The summed E-state index contributed by atoms with van der Waals surface area (Å²) in [7, 11) is 0. The lowest BCUT2D eigenvalue weighted by molar-refractivity contribution is 0.104. The molecule has 1 aliphatic heterocycles. The molecule has 34 heavy (non-hydrogen) atoms. The summed E-state index contributed by atoms with van der Waals surface area (Å²) in [6.45, 7) is 13.0. The Morgan fingerprint density at radius 1 is 1.21 bits per heavy atom. The van der Waals surface area contributed by atoms with E-state index in [1.807, 2.05) is 30.3 Å². The van der Waals surface area contributed by atoms with Gasteiger partial charge in [0.05, 0.1) is 12.6 Å². The summed E-state index contributed by atoms with van der Waals surface area (Å²) >= 11 is 0. The molecule has 1 heterocycles. The SMILES string of the molecule is [C-]#[N+]/C(C#N)=C1\C(=C\C2=C3N(CCCC)c4ccccc4[C@]3(C)CCC2)C(=O)c2ccccc21. The Bertz CT molecular complexity index is 1360. The van der Waals surface area contributed by atoms with Crippen LogP contribution in [0.5, 0.6) is 0 Å². The quantitative estimate of drug-likeness (QED) is 0.290. The Morgan fingerprint density at radius 2 is 1.94 bits per heavy atom. The number of allylic oxidation sites excluding steroid dienone is 6. The zero-order valence-corrected chi connectivity index (χ0v) is 19.7. The van der Waals surface area contributed by atoms with Gasteiger partial charge < -0.3 is 4.90 Å². The molecule has 0 fully saturated rings. The van der Waals surface area contributed by atoms with Crippen LogP contribution in [0.2, 0.25) is 0 Å². The molecule has 0 N–H and O–H groups in total. The van der Waals surface area contributed by atoms with Crippen molar-refractivity contribution in [1.82, 2.24) is 0 Å². The molecule has 3 aliphatic rings. The molecular weight excluding hydrogens is 418 g/mol. The first-order valence-electron chi connectivity index (χ1n) is 12.0. The number of carbonyl (C=O) groups is 1. The summed E-state index contributed by atoms with van der Waals surface area (Å²) in [6.07, 6.45) is 7.17. The summed E-state index contributed by atoms with van der Waals surface area (Å²) in [5, 5.41) is 9.69. The van der Waals surface area contributed by atoms with Crippen LogP contribution in [0.3, 0.4) is 0 Å². The van der Waals surface area contributed by atoms with Gasteiger partial charge in [-0.1, -0.05) is 55.8 Å². The van der Waals surface area contributed by atoms with E-state index in [-0.39, 0.29) is 16.9 Å². The lowest BCUT2D eigenvalue weighted by Gasteiger charge is -2.36. The minimum Gasteiger partial charge on any atom is -0.344 e. The van der Waals surface area contributed by atoms with Crippen LogP contribution in [0.25, 0.3) is 10.4 Å². The van der Waals surface area contributed by atoms with Gasteiger partial charge in [-0.25, -0.2) is 10.1 Å². The number of nitrogens with zero attached hydrogens (tertiary/aromatic N) is 3. The van der Waals surface area contributed by atoms with Crippen molar-refractivity contribution in [3.63, 3.8) is 0 Å². The number of Topliss-reactive ketones (excluding diaryl/α,β-unsaturated/α-hetero) is 1. The fraction of sp³-hybridized carbons (Fsp3) is 0.300. The summed E-state index contributed by atoms with van der Waals surface area (Å²) in [4.78, 5) is 19.5. The van der Waals surface area contributed by atoms with Crippen molar-refractivity contribution in [2.75, 3.05) is 11.4 Å². The lowest BCUT2D eigenvalue weighted by Crippen LogP contribution is -2.33. The minimum atomic E-state index is -0.106. The Hall–Kier alpha value is -3.89. The van der Waals surface area contributed by atoms with Gasteiger partial charge in [-0.05, 0) is 61.4 Å². The zero-order chi connectivity index (χ0) is 23.9. The molecule has 4 heteroatoms. The van der Waals surface area contributed by atoms with Crippen molar-refractivity contribution in [3.05, 3.63) is 105 Å². The molecule has 2 aliphatic carbocycles. The van der Waals surface area contributed by atoms with E-state index in [0.29, 0.717) is 22.3 Å². The molecule has 0 radical (unpaired) electrons. The van der Waals surface area contributed by atoms with Crippen LogP contribution in [0.15, 0.2) is 77.1 Å². The highest BCUT2D eigenvalue weighted by molar-refractivity contribution is 6.27. The Kier molecular flexibility index (Phi) is 5.46. The molecule has 0 saturated heterocycles. The minimum absolute atomic E-state index is 0.0220. The largest absolute Gasteiger partial charge is 0.344 e. The highest BCUT2D eigenvalue weighted by Gasteiger charge is 2.46. The van der Waals surface area contributed by atoms with Gasteiger partial charge in [-0.3, -0.25) is 4.79 Å². The second-order valence-electron chi connectivity index (χ2n) is 9.46. The van der Waals surface area contributed by atoms with Crippen LogP contribution in [0.4, 0.5) is 5.69 Å². The maximum atomic E-state index is 13.5. The van der Waals surface area contributed by atoms with Gasteiger partial charge >= 0.3 is 0 Å². The van der Waals surface area contributed by atoms with Crippen LogP contribution < -0.4 is 4.90 Å².